The van der Waals surface area contributed by atoms with Gasteiger partial charge in [0, 0.05) is 13.0 Å². The van der Waals surface area contributed by atoms with Crippen LogP contribution in [-0.4, -0.2) is 24.5 Å². The normalized spacial score (nSPS) is 12.9. The number of benzene rings is 1. The van der Waals surface area contributed by atoms with Crippen LogP contribution in [0.25, 0.3) is 0 Å². The summed E-state index contributed by atoms with van der Waals surface area (Å²) < 4.78 is 27.0. The zero-order chi connectivity index (χ0) is 16.3. The second-order valence-electron chi connectivity index (χ2n) is 4.75. The summed E-state index contributed by atoms with van der Waals surface area (Å²) in [5.74, 6) is -0.332. The van der Waals surface area contributed by atoms with E-state index in [1.165, 1.54) is 6.92 Å². The van der Waals surface area contributed by atoms with Crippen LogP contribution < -0.4 is 10.0 Å². The Kier molecular flexibility index (Phi) is 4.89. The Morgan fingerprint density at radius 2 is 1.95 bits per heavy atom. The number of anilines is 1. The molecule has 0 unspecified atom stereocenters. The smallest absolute Gasteiger partial charge is 0.270 e. The molecule has 0 aliphatic carbocycles. The van der Waals surface area contributed by atoms with Gasteiger partial charge in [-0.25, -0.2) is 13.1 Å². The van der Waals surface area contributed by atoms with Crippen molar-refractivity contribution in [3.8, 4) is 0 Å². The van der Waals surface area contributed by atoms with Gasteiger partial charge in [0.05, 0.1) is 0 Å². The highest BCUT2D eigenvalue weighted by molar-refractivity contribution is 7.91. The lowest BCUT2D eigenvalue weighted by molar-refractivity contribution is -0.114. The first-order valence-corrected chi connectivity index (χ1v) is 8.78. The lowest BCUT2D eigenvalue weighted by Crippen LogP contribution is -2.27. The fraction of sp³-hybridized carbons (Fsp3) is 0.308. The second kappa shape index (κ2) is 6.51. The van der Waals surface area contributed by atoms with Gasteiger partial charge in [0.1, 0.15) is 0 Å². The number of carbonyl (C=O) groups excluding carboxylic acids is 1. The highest BCUT2D eigenvalue weighted by atomic mass is 32.2. The van der Waals surface area contributed by atoms with Crippen molar-refractivity contribution in [2.24, 2.45) is 0 Å². The first kappa shape index (κ1) is 16.5. The molecule has 1 amide bonds. The van der Waals surface area contributed by atoms with E-state index in [0.29, 0.717) is 0 Å². The minimum atomic E-state index is -3.80. The van der Waals surface area contributed by atoms with Crippen LogP contribution in [0.2, 0.25) is 0 Å². The fourth-order valence-electron chi connectivity index (χ4n) is 1.94. The summed E-state index contributed by atoms with van der Waals surface area (Å²) in [6.07, 6.45) is 0. The van der Waals surface area contributed by atoms with Crippen LogP contribution in [0, 0.1) is 6.92 Å². The Morgan fingerprint density at radius 3 is 2.59 bits per heavy atom. The van der Waals surface area contributed by atoms with Crippen molar-refractivity contribution in [3.63, 3.8) is 0 Å². The maximum Gasteiger partial charge on any atom is 0.270 e. The molecule has 1 aromatic carbocycles. The zero-order valence-corrected chi connectivity index (χ0v) is 14.0. The molecule has 9 heteroatoms. The van der Waals surface area contributed by atoms with Gasteiger partial charge in [0.2, 0.25) is 15.4 Å². The van der Waals surface area contributed by atoms with Crippen LogP contribution in [-0.2, 0) is 14.8 Å². The van der Waals surface area contributed by atoms with Crippen molar-refractivity contribution >= 4 is 32.4 Å². The van der Waals surface area contributed by atoms with Crippen LogP contribution in [0.1, 0.15) is 31.0 Å². The van der Waals surface area contributed by atoms with E-state index in [1.54, 1.807) is 6.92 Å². The molecule has 0 saturated carbocycles. The van der Waals surface area contributed by atoms with Gasteiger partial charge >= 0.3 is 0 Å². The largest absolute Gasteiger partial charge is 0.301 e. The topological polar surface area (TPSA) is 101 Å². The minimum Gasteiger partial charge on any atom is -0.301 e. The highest BCUT2D eigenvalue weighted by Gasteiger charge is 2.23. The maximum absolute atomic E-state index is 12.3. The molecule has 0 spiro atoms. The first-order chi connectivity index (χ1) is 10.3. The Balaban J connectivity index is 2.19. The van der Waals surface area contributed by atoms with Crippen LogP contribution in [0.15, 0.2) is 28.6 Å². The number of aromatic nitrogens is 2. The van der Waals surface area contributed by atoms with E-state index in [-0.39, 0.29) is 15.4 Å². The number of carbonyl (C=O) groups is 1. The third-order valence-corrected chi connectivity index (χ3v) is 5.65. The lowest BCUT2D eigenvalue weighted by atomic mass is 10.0. The molecule has 1 atom stereocenters. The molecule has 1 heterocycles. The van der Waals surface area contributed by atoms with Crippen molar-refractivity contribution in [2.75, 3.05) is 5.32 Å². The molecular weight excluding hydrogens is 324 g/mol. The second-order valence-corrected chi connectivity index (χ2v) is 7.62. The quantitative estimate of drug-likeness (QED) is 0.809. The van der Waals surface area contributed by atoms with E-state index in [4.69, 9.17) is 0 Å². The van der Waals surface area contributed by atoms with E-state index in [0.717, 1.165) is 22.5 Å². The van der Waals surface area contributed by atoms with Gasteiger partial charge in [0.25, 0.3) is 10.0 Å². The summed E-state index contributed by atoms with van der Waals surface area (Å²) in [4.78, 5) is 10.9. The molecule has 1 aromatic heterocycles. The summed E-state index contributed by atoms with van der Waals surface area (Å²) in [7, 11) is -3.80. The number of nitrogens with one attached hydrogen (secondary N) is 2. The molecular formula is C13H16N4O3S2. The molecule has 0 fully saturated rings. The standard InChI is InChI=1S/C13H16N4O3S2/c1-8-6-4-5-7-11(8)9(2)17-22(19,20)13-16-15-12(21-13)14-10(3)18/h4-7,9,17H,1-3H3,(H,14,15,18)/t9-/m1/s1. The number of amides is 1. The van der Waals surface area contributed by atoms with Crippen molar-refractivity contribution in [1.82, 2.24) is 14.9 Å². The fourth-order valence-corrected chi connectivity index (χ4v) is 4.12. The third kappa shape index (κ3) is 3.87. The van der Waals surface area contributed by atoms with Crippen molar-refractivity contribution in [1.29, 1.82) is 0 Å². The lowest BCUT2D eigenvalue weighted by Gasteiger charge is -2.15. The van der Waals surface area contributed by atoms with Gasteiger partial charge in [-0.3, -0.25) is 4.79 Å². The number of rotatable bonds is 5. The van der Waals surface area contributed by atoms with Gasteiger partial charge in [-0.05, 0) is 25.0 Å². The van der Waals surface area contributed by atoms with E-state index in [1.807, 2.05) is 31.2 Å². The van der Waals surface area contributed by atoms with Gasteiger partial charge in [-0.15, -0.1) is 10.2 Å². The van der Waals surface area contributed by atoms with E-state index in [2.05, 4.69) is 20.2 Å². The van der Waals surface area contributed by atoms with Crippen molar-refractivity contribution in [3.05, 3.63) is 35.4 Å². The van der Waals surface area contributed by atoms with E-state index >= 15 is 0 Å². The number of nitrogens with zero attached hydrogens (tertiary/aromatic N) is 2. The van der Waals surface area contributed by atoms with Gasteiger partial charge in [0.15, 0.2) is 0 Å². The molecule has 22 heavy (non-hydrogen) atoms. The summed E-state index contributed by atoms with van der Waals surface area (Å²) >= 11 is 0.805. The van der Waals surface area contributed by atoms with Crippen LogP contribution >= 0.6 is 11.3 Å². The number of hydrogen-bond donors (Lipinski definition) is 2. The summed E-state index contributed by atoms with van der Waals surface area (Å²) in [5.41, 5.74) is 1.88. The van der Waals surface area contributed by atoms with Crippen molar-refractivity contribution in [2.45, 2.75) is 31.2 Å². The Hall–Kier alpha value is -1.84. The summed E-state index contributed by atoms with van der Waals surface area (Å²) in [6.45, 7) is 4.99. The number of aryl methyl sites for hydroxylation is 1. The van der Waals surface area contributed by atoms with Crippen LogP contribution in [0.3, 0.4) is 0 Å². The van der Waals surface area contributed by atoms with Crippen molar-refractivity contribution < 1.29 is 13.2 Å². The van der Waals surface area contributed by atoms with Crippen LogP contribution in [0.5, 0.6) is 0 Å². The number of hydrogen-bond acceptors (Lipinski definition) is 6. The van der Waals surface area contributed by atoms with Crippen LogP contribution in [0.4, 0.5) is 5.13 Å². The molecule has 7 nitrogen and oxygen atoms in total. The zero-order valence-electron chi connectivity index (χ0n) is 12.3. The van der Waals surface area contributed by atoms with Gasteiger partial charge < -0.3 is 5.32 Å². The van der Waals surface area contributed by atoms with E-state index in [9.17, 15) is 13.2 Å². The minimum absolute atomic E-state index is 0.149. The molecule has 0 saturated heterocycles. The SMILES string of the molecule is CC(=O)Nc1nnc(S(=O)(=O)N[C@H](C)c2ccccc2C)s1. The molecule has 2 rings (SSSR count). The molecule has 0 aliphatic rings. The predicted octanol–water partition coefficient (Wildman–Crippen LogP) is 1.84. The average molecular weight is 340 g/mol. The number of sulfonamides is 1. The molecule has 2 aromatic rings. The molecule has 0 radical (unpaired) electrons. The molecule has 2 N–H and O–H groups in total. The summed E-state index contributed by atoms with van der Waals surface area (Å²) in [6, 6.07) is 7.13. The third-order valence-electron chi connectivity index (χ3n) is 2.91. The maximum atomic E-state index is 12.3. The Morgan fingerprint density at radius 1 is 1.27 bits per heavy atom. The predicted molar refractivity (Wildman–Crippen MR) is 84.1 cm³/mol. The first-order valence-electron chi connectivity index (χ1n) is 6.48. The van der Waals surface area contributed by atoms with Gasteiger partial charge in [-0.1, -0.05) is 35.6 Å². The molecule has 118 valence electrons. The van der Waals surface area contributed by atoms with Gasteiger partial charge in [-0.2, -0.15) is 0 Å². The molecule has 0 bridgehead atoms. The Labute approximate surface area is 132 Å². The highest BCUT2D eigenvalue weighted by Crippen LogP contribution is 2.23. The van der Waals surface area contributed by atoms with E-state index < -0.39 is 16.1 Å². The summed E-state index contributed by atoms with van der Waals surface area (Å²) in [5, 5.41) is 9.81. The average Bonchev–Trinajstić information content (AvgIpc) is 2.87. The monoisotopic (exact) mass is 340 g/mol. The Bertz CT molecular complexity index is 786. The molecule has 0 aliphatic heterocycles.